The van der Waals surface area contributed by atoms with Gasteiger partial charge in [0.1, 0.15) is 23.9 Å². The molecule has 0 bridgehead atoms. The number of ether oxygens (including phenoxy) is 2. The summed E-state index contributed by atoms with van der Waals surface area (Å²) in [6, 6.07) is 9.59. The van der Waals surface area contributed by atoms with Gasteiger partial charge in [0.2, 0.25) is 11.8 Å². The van der Waals surface area contributed by atoms with Crippen LogP contribution in [-0.2, 0) is 32.0 Å². The molecular formula is C35H47N5O8. The summed E-state index contributed by atoms with van der Waals surface area (Å²) in [5.41, 5.74) is 0.878. The standard InChI is InChI=1S/C35H47N5O8/c1-23(2)20-24-12-10-13-25-21-26(40(30(24)25)34(46)48-35(3,4)5)22-39-17-11-15-28(32(39)44)36-31(43)27(37-33(45)47-19-18-41)14-8-9-16-29(42)38(6)7/h9-13,15-17,21,23,27,41H,8,14,18-20,22H2,1-7H3,(H,36,43)(H,37,45)/b16-9+. The van der Waals surface area contributed by atoms with Gasteiger partial charge in [0.25, 0.3) is 5.56 Å². The van der Waals surface area contributed by atoms with Crippen molar-refractivity contribution < 1.29 is 33.8 Å². The number of aromatic nitrogens is 2. The van der Waals surface area contributed by atoms with Crippen molar-refractivity contribution in [1.82, 2.24) is 19.4 Å². The fourth-order valence-electron chi connectivity index (χ4n) is 4.96. The number of aliphatic hydroxyl groups excluding tert-OH is 1. The zero-order chi connectivity index (χ0) is 35.6. The van der Waals surface area contributed by atoms with Gasteiger partial charge < -0.3 is 34.7 Å². The first kappa shape index (κ1) is 37.5. The Morgan fingerprint density at radius 3 is 2.46 bits per heavy atom. The van der Waals surface area contributed by atoms with E-state index in [-0.39, 0.29) is 37.6 Å². The van der Waals surface area contributed by atoms with Crippen molar-refractivity contribution in [3.05, 3.63) is 76.4 Å². The maximum absolute atomic E-state index is 13.7. The molecule has 0 saturated heterocycles. The Labute approximate surface area is 280 Å². The van der Waals surface area contributed by atoms with Crippen LogP contribution in [0.25, 0.3) is 10.9 Å². The van der Waals surface area contributed by atoms with Gasteiger partial charge in [0.15, 0.2) is 0 Å². The highest BCUT2D eigenvalue weighted by atomic mass is 16.6. The number of hydrogen-bond acceptors (Lipinski definition) is 8. The molecule has 3 N–H and O–H groups in total. The third-order valence-electron chi connectivity index (χ3n) is 7.05. The predicted molar refractivity (Wildman–Crippen MR) is 183 cm³/mol. The van der Waals surface area contributed by atoms with E-state index >= 15 is 0 Å². The summed E-state index contributed by atoms with van der Waals surface area (Å²) in [6.45, 7) is 8.90. The number of carbonyl (C=O) groups is 4. The molecule has 0 fully saturated rings. The van der Waals surface area contributed by atoms with Gasteiger partial charge in [-0.05, 0) is 75.8 Å². The minimum absolute atomic E-state index is 0.00253. The van der Waals surface area contributed by atoms with Crippen LogP contribution >= 0.6 is 0 Å². The predicted octanol–water partition coefficient (Wildman–Crippen LogP) is 4.28. The van der Waals surface area contributed by atoms with E-state index in [0.717, 1.165) is 22.9 Å². The number of allylic oxidation sites excluding steroid dienone is 1. The highest BCUT2D eigenvalue weighted by molar-refractivity contribution is 5.96. The number of rotatable bonds is 13. The van der Waals surface area contributed by atoms with E-state index in [1.807, 2.05) is 24.3 Å². The Morgan fingerprint density at radius 1 is 1.08 bits per heavy atom. The Bertz CT molecular complexity index is 1700. The molecule has 2 aromatic heterocycles. The fraction of sp³-hybridized carbons (Fsp3) is 0.457. The second-order valence-corrected chi connectivity index (χ2v) is 13.0. The van der Waals surface area contributed by atoms with E-state index in [1.165, 1.54) is 26.2 Å². The van der Waals surface area contributed by atoms with Crippen molar-refractivity contribution in [2.75, 3.05) is 32.6 Å². The van der Waals surface area contributed by atoms with Crippen LogP contribution < -0.4 is 16.2 Å². The molecule has 48 heavy (non-hydrogen) atoms. The van der Waals surface area contributed by atoms with E-state index in [2.05, 4.69) is 24.5 Å². The van der Waals surface area contributed by atoms with Gasteiger partial charge in [-0.15, -0.1) is 0 Å². The number of hydrogen-bond donors (Lipinski definition) is 3. The van der Waals surface area contributed by atoms with Crippen LogP contribution in [0, 0.1) is 5.92 Å². The highest BCUT2D eigenvalue weighted by Gasteiger charge is 2.25. The second-order valence-electron chi connectivity index (χ2n) is 13.0. The maximum atomic E-state index is 13.7. The van der Waals surface area contributed by atoms with Gasteiger partial charge in [-0.2, -0.15) is 0 Å². The molecule has 3 aromatic rings. The number of carbonyl (C=O) groups excluding carboxylic acids is 4. The smallest absolute Gasteiger partial charge is 0.419 e. The molecule has 0 aliphatic rings. The van der Waals surface area contributed by atoms with Gasteiger partial charge in [-0.1, -0.05) is 38.1 Å². The Morgan fingerprint density at radius 2 is 1.81 bits per heavy atom. The van der Waals surface area contributed by atoms with Crippen molar-refractivity contribution in [3.63, 3.8) is 0 Å². The van der Waals surface area contributed by atoms with Crippen LogP contribution in [0.15, 0.2) is 59.5 Å². The maximum Gasteiger partial charge on any atom is 0.419 e. The number of para-hydroxylation sites is 1. The molecule has 1 unspecified atom stereocenters. The summed E-state index contributed by atoms with van der Waals surface area (Å²) < 4.78 is 13.5. The second kappa shape index (κ2) is 16.8. The summed E-state index contributed by atoms with van der Waals surface area (Å²) in [5.74, 6) is -0.590. The van der Waals surface area contributed by atoms with Gasteiger partial charge in [0, 0.05) is 25.7 Å². The Hall–Kier alpha value is -4.91. The van der Waals surface area contributed by atoms with Crippen molar-refractivity contribution >= 4 is 40.6 Å². The Balaban J connectivity index is 1.94. The molecule has 2 heterocycles. The van der Waals surface area contributed by atoms with Crippen LogP contribution in [0.1, 0.15) is 58.7 Å². The summed E-state index contributed by atoms with van der Waals surface area (Å²) in [5, 5.41) is 14.9. The van der Waals surface area contributed by atoms with Gasteiger partial charge in [-0.3, -0.25) is 14.4 Å². The number of amides is 3. The van der Waals surface area contributed by atoms with Crippen LogP contribution in [-0.4, -0.2) is 82.1 Å². The molecule has 0 spiro atoms. The fourth-order valence-corrected chi connectivity index (χ4v) is 4.96. The molecule has 260 valence electrons. The summed E-state index contributed by atoms with van der Waals surface area (Å²) in [6.07, 6.45) is 4.08. The summed E-state index contributed by atoms with van der Waals surface area (Å²) >= 11 is 0. The average molecular weight is 666 g/mol. The average Bonchev–Trinajstić information content (AvgIpc) is 3.37. The number of fused-ring (bicyclic) bond motifs is 1. The molecule has 0 radical (unpaired) electrons. The minimum atomic E-state index is -1.13. The number of anilines is 1. The molecule has 13 nitrogen and oxygen atoms in total. The lowest BCUT2D eigenvalue weighted by molar-refractivity contribution is -0.123. The van der Waals surface area contributed by atoms with E-state index in [4.69, 9.17) is 14.6 Å². The third-order valence-corrected chi connectivity index (χ3v) is 7.05. The lowest BCUT2D eigenvalue weighted by Gasteiger charge is -2.22. The van der Waals surface area contributed by atoms with Gasteiger partial charge in [0.05, 0.1) is 24.4 Å². The molecular weight excluding hydrogens is 618 g/mol. The zero-order valence-electron chi connectivity index (χ0n) is 28.7. The Kier molecular flexibility index (Phi) is 13.1. The van der Waals surface area contributed by atoms with E-state index in [9.17, 15) is 24.0 Å². The monoisotopic (exact) mass is 665 g/mol. The molecule has 0 saturated carbocycles. The van der Waals surface area contributed by atoms with Crippen molar-refractivity contribution in [1.29, 1.82) is 0 Å². The summed E-state index contributed by atoms with van der Waals surface area (Å²) in [4.78, 5) is 66.1. The lowest BCUT2D eigenvalue weighted by Crippen LogP contribution is -2.45. The number of aliphatic hydroxyl groups is 1. The minimum Gasteiger partial charge on any atom is -0.447 e. The number of nitrogens with zero attached hydrogens (tertiary/aromatic N) is 3. The third kappa shape index (κ3) is 10.6. The first-order chi connectivity index (χ1) is 22.6. The SMILES string of the molecule is CC(C)Cc1cccc2cc(Cn3cccc(NC(=O)C(CC/C=C/C(=O)N(C)C)NC(=O)OCCO)c3=O)n(C(=O)OC(C)(C)C)c12. The first-order valence-corrected chi connectivity index (χ1v) is 15.9. The molecule has 1 atom stereocenters. The molecule has 13 heteroatoms. The number of benzene rings is 1. The number of alkyl carbamates (subject to hydrolysis) is 1. The van der Waals surface area contributed by atoms with E-state index in [1.54, 1.807) is 53.2 Å². The molecule has 3 rings (SSSR count). The number of likely N-dealkylation sites (N-methyl/N-ethyl adjacent to an activating group) is 1. The van der Waals surface area contributed by atoms with Crippen molar-refractivity contribution in [3.8, 4) is 0 Å². The quantitative estimate of drug-likeness (QED) is 0.228. The zero-order valence-corrected chi connectivity index (χ0v) is 28.7. The normalized spacial score (nSPS) is 12.3. The van der Waals surface area contributed by atoms with Crippen molar-refractivity contribution in [2.45, 2.75) is 72.1 Å². The van der Waals surface area contributed by atoms with Crippen LogP contribution in [0.4, 0.5) is 15.3 Å². The van der Waals surface area contributed by atoms with Gasteiger partial charge in [-0.25, -0.2) is 14.2 Å². The highest BCUT2D eigenvalue weighted by Crippen LogP contribution is 2.27. The topological polar surface area (TPSA) is 161 Å². The molecule has 0 aliphatic heterocycles. The van der Waals surface area contributed by atoms with E-state index in [0.29, 0.717) is 11.6 Å². The molecule has 3 amide bonds. The molecule has 0 aliphatic carbocycles. The first-order valence-electron chi connectivity index (χ1n) is 15.9. The van der Waals surface area contributed by atoms with Crippen LogP contribution in [0.5, 0.6) is 0 Å². The number of pyridine rings is 1. The van der Waals surface area contributed by atoms with E-state index < -0.39 is 41.9 Å². The van der Waals surface area contributed by atoms with Crippen LogP contribution in [0.3, 0.4) is 0 Å². The lowest BCUT2D eigenvalue weighted by atomic mass is 10.0. The largest absolute Gasteiger partial charge is 0.447 e. The van der Waals surface area contributed by atoms with Gasteiger partial charge >= 0.3 is 12.2 Å². The van der Waals surface area contributed by atoms with Crippen LogP contribution in [0.2, 0.25) is 0 Å². The van der Waals surface area contributed by atoms with Crippen molar-refractivity contribution in [2.24, 2.45) is 5.92 Å². The number of nitrogens with one attached hydrogen (secondary N) is 2. The summed E-state index contributed by atoms with van der Waals surface area (Å²) in [7, 11) is 3.21. The molecule has 1 aromatic carbocycles.